The summed E-state index contributed by atoms with van der Waals surface area (Å²) in [7, 11) is 0. The zero-order chi connectivity index (χ0) is 11.2. The topological polar surface area (TPSA) is 3.24 Å². The van der Waals surface area contributed by atoms with Crippen molar-refractivity contribution >= 4 is 17.8 Å². The van der Waals surface area contributed by atoms with Gasteiger partial charge in [0.25, 0.3) is 0 Å². The third-order valence-electron chi connectivity index (χ3n) is 2.99. The van der Waals surface area contributed by atoms with Gasteiger partial charge >= 0.3 is 0 Å². The molecule has 0 aromatic heterocycles. The predicted molar refractivity (Wildman–Crippen MR) is 73.8 cm³/mol. The molecule has 2 heteroatoms. The summed E-state index contributed by atoms with van der Waals surface area (Å²) in [5, 5.41) is 0. The molecule has 86 valence electrons. The van der Waals surface area contributed by atoms with Gasteiger partial charge in [0.15, 0.2) is 0 Å². The molecule has 1 aliphatic heterocycles. The van der Waals surface area contributed by atoms with Crippen LogP contribution in [0.1, 0.15) is 12.5 Å². The molecule has 0 amide bonds. The van der Waals surface area contributed by atoms with Gasteiger partial charge < -0.3 is 0 Å². The summed E-state index contributed by atoms with van der Waals surface area (Å²) < 4.78 is 0. The van der Waals surface area contributed by atoms with Crippen LogP contribution in [-0.2, 0) is 0 Å². The van der Waals surface area contributed by atoms with E-state index in [0.717, 1.165) is 0 Å². The van der Waals surface area contributed by atoms with Crippen molar-refractivity contribution in [1.29, 1.82) is 0 Å². The quantitative estimate of drug-likeness (QED) is 0.789. The van der Waals surface area contributed by atoms with Gasteiger partial charge in [0.2, 0.25) is 0 Å². The summed E-state index contributed by atoms with van der Waals surface area (Å²) in [4.78, 5) is 2.55. The molecule has 1 nitrogen and oxygen atoms in total. The first-order valence-electron chi connectivity index (χ1n) is 5.91. The number of hydrogen-bond donors (Lipinski definition) is 0. The van der Waals surface area contributed by atoms with E-state index in [9.17, 15) is 0 Å². The normalized spacial score (nSPS) is 20.1. The summed E-state index contributed by atoms with van der Waals surface area (Å²) in [6, 6.07) is 11.1. The lowest BCUT2D eigenvalue weighted by Crippen LogP contribution is -2.38. The smallest absolute Gasteiger partial charge is 0.0253 e. The largest absolute Gasteiger partial charge is 0.296 e. The maximum Gasteiger partial charge on any atom is 0.0253 e. The molecule has 2 rings (SSSR count). The molecule has 0 saturated carbocycles. The van der Waals surface area contributed by atoms with Gasteiger partial charge in [-0.25, -0.2) is 0 Å². The van der Waals surface area contributed by atoms with Gasteiger partial charge in [-0.1, -0.05) is 42.5 Å². The molecular formula is C14H19NS. The van der Waals surface area contributed by atoms with E-state index in [1.165, 1.54) is 30.2 Å². The summed E-state index contributed by atoms with van der Waals surface area (Å²) in [5.41, 5.74) is 1.29. The van der Waals surface area contributed by atoms with E-state index < -0.39 is 0 Å². The second-order valence-corrected chi connectivity index (χ2v) is 5.38. The van der Waals surface area contributed by atoms with Crippen LogP contribution in [0.2, 0.25) is 0 Å². The van der Waals surface area contributed by atoms with Crippen LogP contribution in [0.15, 0.2) is 36.4 Å². The Balaban J connectivity index is 1.91. The molecule has 1 aromatic carbocycles. The molecule has 0 aliphatic carbocycles. The van der Waals surface area contributed by atoms with Crippen molar-refractivity contribution in [2.24, 2.45) is 0 Å². The molecule has 1 heterocycles. The Labute approximate surface area is 103 Å². The highest BCUT2D eigenvalue weighted by Crippen LogP contribution is 2.13. The van der Waals surface area contributed by atoms with Crippen LogP contribution in [0.3, 0.4) is 0 Å². The molecular weight excluding hydrogens is 214 g/mol. The van der Waals surface area contributed by atoms with E-state index in [2.05, 4.69) is 66.1 Å². The Bertz CT molecular complexity index is 328. The Hall–Kier alpha value is -0.730. The second-order valence-electron chi connectivity index (χ2n) is 4.16. The van der Waals surface area contributed by atoms with Gasteiger partial charge in [0.1, 0.15) is 0 Å². The van der Waals surface area contributed by atoms with Gasteiger partial charge in [-0.15, -0.1) is 0 Å². The molecule has 0 spiro atoms. The molecule has 0 unspecified atom stereocenters. The van der Waals surface area contributed by atoms with Crippen molar-refractivity contribution < 1.29 is 0 Å². The van der Waals surface area contributed by atoms with Crippen molar-refractivity contribution in [3.8, 4) is 0 Å². The number of benzene rings is 1. The van der Waals surface area contributed by atoms with Crippen molar-refractivity contribution in [2.45, 2.75) is 13.0 Å². The lowest BCUT2D eigenvalue weighted by atomic mass is 10.1. The molecule has 1 saturated heterocycles. The first-order chi connectivity index (χ1) is 7.86. The van der Waals surface area contributed by atoms with Crippen molar-refractivity contribution in [3.63, 3.8) is 0 Å². The standard InChI is InChI=1S/C14H19NS/c1-13(15-9-11-16-12-10-15)7-8-14-5-3-2-4-6-14/h2-8,13H,9-12H2,1H3/b8-7+/t13-/m0/s1. The lowest BCUT2D eigenvalue weighted by molar-refractivity contribution is 0.268. The maximum absolute atomic E-state index is 2.55. The van der Waals surface area contributed by atoms with Crippen LogP contribution >= 0.6 is 11.8 Å². The fourth-order valence-corrected chi connectivity index (χ4v) is 2.85. The van der Waals surface area contributed by atoms with Crippen LogP contribution < -0.4 is 0 Å². The monoisotopic (exact) mass is 233 g/mol. The number of nitrogens with zero attached hydrogens (tertiary/aromatic N) is 1. The van der Waals surface area contributed by atoms with Crippen LogP contribution in [-0.4, -0.2) is 35.5 Å². The fourth-order valence-electron chi connectivity index (χ4n) is 1.92. The van der Waals surface area contributed by atoms with E-state index in [0.29, 0.717) is 6.04 Å². The predicted octanol–water partition coefficient (Wildman–Crippen LogP) is 3.14. The Morgan fingerprint density at radius 3 is 2.56 bits per heavy atom. The van der Waals surface area contributed by atoms with Crippen molar-refractivity contribution in [2.75, 3.05) is 24.6 Å². The highest BCUT2D eigenvalue weighted by atomic mass is 32.2. The Morgan fingerprint density at radius 2 is 1.88 bits per heavy atom. The highest BCUT2D eigenvalue weighted by Gasteiger charge is 2.13. The van der Waals surface area contributed by atoms with E-state index in [4.69, 9.17) is 0 Å². The fraction of sp³-hybridized carbons (Fsp3) is 0.429. The molecule has 0 radical (unpaired) electrons. The molecule has 0 bridgehead atoms. The number of hydrogen-bond acceptors (Lipinski definition) is 2. The van der Waals surface area contributed by atoms with Crippen LogP contribution in [0, 0.1) is 0 Å². The van der Waals surface area contributed by atoms with Crippen molar-refractivity contribution in [3.05, 3.63) is 42.0 Å². The summed E-state index contributed by atoms with van der Waals surface area (Å²) in [6.45, 7) is 4.74. The molecule has 16 heavy (non-hydrogen) atoms. The molecule has 1 fully saturated rings. The molecule has 1 atom stereocenters. The highest BCUT2D eigenvalue weighted by molar-refractivity contribution is 7.99. The van der Waals surface area contributed by atoms with E-state index in [-0.39, 0.29) is 0 Å². The zero-order valence-electron chi connectivity index (χ0n) is 9.80. The third-order valence-corrected chi connectivity index (χ3v) is 3.93. The maximum atomic E-state index is 2.55. The minimum absolute atomic E-state index is 0.557. The Morgan fingerprint density at radius 1 is 1.19 bits per heavy atom. The summed E-state index contributed by atoms with van der Waals surface area (Å²) >= 11 is 2.06. The third kappa shape index (κ3) is 3.39. The lowest BCUT2D eigenvalue weighted by Gasteiger charge is -2.30. The van der Waals surface area contributed by atoms with Gasteiger partial charge in [-0.05, 0) is 12.5 Å². The van der Waals surface area contributed by atoms with Crippen molar-refractivity contribution in [1.82, 2.24) is 4.90 Å². The average Bonchev–Trinajstić information content (AvgIpc) is 2.38. The number of thioether (sulfide) groups is 1. The average molecular weight is 233 g/mol. The van der Waals surface area contributed by atoms with Gasteiger partial charge in [0, 0.05) is 30.6 Å². The van der Waals surface area contributed by atoms with E-state index in [1.54, 1.807) is 0 Å². The molecule has 0 N–H and O–H groups in total. The number of rotatable bonds is 3. The first-order valence-corrected chi connectivity index (χ1v) is 7.07. The van der Waals surface area contributed by atoms with E-state index >= 15 is 0 Å². The van der Waals surface area contributed by atoms with Gasteiger partial charge in [0.05, 0.1) is 0 Å². The van der Waals surface area contributed by atoms with Crippen LogP contribution in [0.4, 0.5) is 0 Å². The molecule has 1 aliphatic rings. The van der Waals surface area contributed by atoms with Gasteiger partial charge in [-0.3, -0.25) is 4.90 Å². The van der Waals surface area contributed by atoms with E-state index in [1.807, 2.05) is 0 Å². The Kier molecular flexibility index (Phi) is 4.49. The minimum atomic E-state index is 0.557. The second kappa shape index (κ2) is 6.12. The summed E-state index contributed by atoms with van der Waals surface area (Å²) in [5.74, 6) is 2.56. The van der Waals surface area contributed by atoms with Gasteiger partial charge in [-0.2, -0.15) is 11.8 Å². The SMILES string of the molecule is C[C@@H](/C=C/c1ccccc1)N1CCSCC1. The zero-order valence-corrected chi connectivity index (χ0v) is 10.6. The van der Waals surface area contributed by atoms with Crippen LogP contribution in [0.25, 0.3) is 6.08 Å². The van der Waals surface area contributed by atoms with Crippen LogP contribution in [0.5, 0.6) is 0 Å². The molecule has 1 aromatic rings. The minimum Gasteiger partial charge on any atom is -0.296 e. The first kappa shape index (κ1) is 11.7. The summed E-state index contributed by atoms with van der Waals surface area (Å²) in [6.07, 6.45) is 4.54.